The van der Waals surface area contributed by atoms with Crippen molar-refractivity contribution in [2.45, 2.75) is 27.2 Å². The van der Waals surface area contributed by atoms with Gasteiger partial charge in [0.15, 0.2) is 0 Å². The van der Waals surface area contributed by atoms with Crippen molar-refractivity contribution in [1.29, 1.82) is 0 Å². The van der Waals surface area contributed by atoms with Crippen molar-refractivity contribution >= 4 is 12.6 Å². The van der Waals surface area contributed by atoms with Crippen LogP contribution >= 0.6 is 0 Å². The quantitative estimate of drug-likeness (QED) is 0.567. The largest absolute Gasteiger partial charge is 0.303 e. The Kier molecular flexibility index (Phi) is 4.75. The summed E-state index contributed by atoms with van der Waals surface area (Å²) in [6.45, 7) is 5.86. The smallest absolute Gasteiger partial charge is 0.124 e. The Hall–Kier alpha value is -0.660. The number of hydrogen-bond donors (Lipinski definition) is 0. The SMILES string of the molecule is CCC(C=O)C(C=O)C(C)C. The number of hydrogen-bond acceptors (Lipinski definition) is 2. The highest BCUT2D eigenvalue weighted by molar-refractivity contribution is 5.64. The molecule has 2 nitrogen and oxygen atoms in total. The molecule has 0 aliphatic heterocycles. The van der Waals surface area contributed by atoms with Gasteiger partial charge in [-0.15, -0.1) is 0 Å². The summed E-state index contributed by atoms with van der Waals surface area (Å²) in [6, 6.07) is 0. The van der Waals surface area contributed by atoms with Crippen molar-refractivity contribution in [2.75, 3.05) is 0 Å². The van der Waals surface area contributed by atoms with Crippen LogP contribution in [0.15, 0.2) is 0 Å². The van der Waals surface area contributed by atoms with Crippen LogP contribution in [-0.4, -0.2) is 12.6 Å². The molecule has 0 N–H and O–H groups in total. The lowest BCUT2D eigenvalue weighted by atomic mass is 9.84. The first-order chi connectivity index (χ1) is 5.17. The lowest BCUT2D eigenvalue weighted by Crippen LogP contribution is -2.22. The Labute approximate surface area is 68.0 Å². The van der Waals surface area contributed by atoms with Gasteiger partial charge in [-0.05, 0) is 12.3 Å². The summed E-state index contributed by atoms with van der Waals surface area (Å²) in [5.41, 5.74) is 0. The van der Waals surface area contributed by atoms with Crippen molar-refractivity contribution in [1.82, 2.24) is 0 Å². The van der Waals surface area contributed by atoms with Crippen molar-refractivity contribution in [2.24, 2.45) is 17.8 Å². The van der Waals surface area contributed by atoms with Crippen LogP contribution in [-0.2, 0) is 9.59 Å². The lowest BCUT2D eigenvalue weighted by molar-refractivity contribution is -0.120. The Morgan fingerprint density at radius 3 is 1.82 bits per heavy atom. The van der Waals surface area contributed by atoms with Crippen LogP contribution in [0.25, 0.3) is 0 Å². The molecule has 0 radical (unpaired) electrons. The Morgan fingerprint density at radius 1 is 1.18 bits per heavy atom. The van der Waals surface area contributed by atoms with E-state index in [0.29, 0.717) is 0 Å². The van der Waals surface area contributed by atoms with E-state index in [4.69, 9.17) is 0 Å². The zero-order chi connectivity index (χ0) is 8.85. The van der Waals surface area contributed by atoms with Gasteiger partial charge in [-0.3, -0.25) is 0 Å². The third kappa shape index (κ3) is 2.83. The zero-order valence-electron chi connectivity index (χ0n) is 7.41. The van der Waals surface area contributed by atoms with Crippen molar-refractivity contribution in [3.8, 4) is 0 Å². The van der Waals surface area contributed by atoms with Crippen molar-refractivity contribution < 1.29 is 9.59 Å². The van der Waals surface area contributed by atoms with Crippen LogP contribution in [0.1, 0.15) is 27.2 Å². The first kappa shape index (κ1) is 10.3. The zero-order valence-corrected chi connectivity index (χ0v) is 7.41. The summed E-state index contributed by atoms with van der Waals surface area (Å²) in [7, 11) is 0. The van der Waals surface area contributed by atoms with Gasteiger partial charge in [0.2, 0.25) is 0 Å². The van der Waals surface area contributed by atoms with Gasteiger partial charge in [0.25, 0.3) is 0 Å². The van der Waals surface area contributed by atoms with Crippen LogP contribution in [0.4, 0.5) is 0 Å². The molecule has 2 heteroatoms. The maximum absolute atomic E-state index is 10.5. The highest BCUT2D eigenvalue weighted by Gasteiger charge is 2.21. The summed E-state index contributed by atoms with van der Waals surface area (Å²) in [6.07, 6.45) is 2.54. The third-order valence-electron chi connectivity index (χ3n) is 2.07. The highest BCUT2D eigenvalue weighted by atomic mass is 16.1. The standard InChI is InChI=1S/C9H16O2/c1-4-8(5-10)9(6-11)7(2)3/h5-9H,4H2,1-3H3. The molecule has 0 heterocycles. The summed E-state index contributed by atoms with van der Waals surface area (Å²) >= 11 is 0. The second-order valence-corrected chi connectivity index (χ2v) is 3.17. The van der Waals surface area contributed by atoms with Gasteiger partial charge < -0.3 is 9.59 Å². The summed E-state index contributed by atoms with van der Waals surface area (Å²) in [5.74, 6) is 0.0765. The number of carbonyl (C=O) groups is 2. The molecule has 11 heavy (non-hydrogen) atoms. The van der Waals surface area contributed by atoms with Crippen LogP contribution in [0, 0.1) is 17.8 Å². The molecule has 0 aromatic heterocycles. The van der Waals surface area contributed by atoms with Crippen LogP contribution in [0.2, 0.25) is 0 Å². The number of aldehydes is 2. The number of carbonyl (C=O) groups excluding carboxylic acids is 2. The molecule has 0 aromatic carbocycles. The minimum absolute atomic E-state index is 0.0903. The van der Waals surface area contributed by atoms with Gasteiger partial charge in [0.1, 0.15) is 12.6 Å². The molecule has 0 spiro atoms. The molecular weight excluding hydrogens is 140 g/mol. The minimum Gasteiger partial charge on any atom is -0.303 e. The molecule has 0 rings (SSSR count). The molecule has 0 aliphatic carbocycles. The molecule has 64 valence electrons. The summed E-state index contributed by atoms with van der Waals surface area (Å²) in [5, 5.41) is 0. The fourth-order valence-electron chi connectivity index (χ4n) is 1.21. The van der Waals surface area contributed by atoms with Gasteiger partial charge in [0, 0.05) is 11.8 Å². The molecule has 2 atom stereocenters. The fourth-order valence-corrected chi connectivity index (χ4v) is 1.21. The number of rotatable bonds is 5. The first-order valence-electron chi connectivity index (χ1n) is 4.07. The van der Waals surface area contributed by atoms with E-state index in [1.165, 1.54) is 0 Å². The Balaban J connectivity index is 4.20. The molecule has 0 amide bonds. The predicted molar refractivity (Wildman–Crippen MR) is 44.2 cm³/mol. The normalized spacial score (nSPS) is 16.0. The maximum atomic E-state index is 10.5. The lowest BCUT2D eigenvalue weighted by Gasteiger charge is -2.18. The topological polar surface area (TPSA) is 34.1 Å². The van der Waals surface area contributed by atoms with Crippen LogP contribution in [0.5, 0.6) is 0 Å². The summed E-state index contributed by atoms with van der Waals surface area (Å²) in [4.78, 5) is 21.0. The molecule has 0 fully saturated rings. The molecule has 0 bridgehead atoms. The molecular formula is C9H16O2. The third-order valence-corrected chi connectivity index (χ3v) is 2.07. The molecule has 0 saturated carbocycles. The minimum atomic E-state index is -0.0995. The second-order valence-electron chi connectivity index (χ2n) is 3.17. The van der Waals surface area contributed by atoms with Gasteiger partial charge in [0.05, 0.1) is 0 Å². The van der Waals surface area contributed by atoms with E-state index in [1.807, 2.05) is 20.8 Å². The van der Waals surface area contributed by atoms with E-state index < -0.39 is 0 Å². The van der Waals surface area contributed by atoms with Gasteiger partial charge in [-0.25, -0.2) is 0 Å². The average Bonchev–Trinajstić information content (AvgIpc) is 1.99. The first-order valence-corrected chi connectivity index (χ1v) is 4.07. The predicted octanol–water partition coefficient (Wildman–Crippen LogP) is 1.68. The van der Waals surface area contributed by atoms with E-state index in [2.05, 4.69) is 0 Å². The maximum Gasteiger partial charge on any atom is 0.124 e. The van der Waals surface area contributed by atoms with Gasteiger partial charge in [-0.1, -0.05) is 20.8 Å². The Bertz CT molecular complexity index is 130. The molecule has 2 unspecified atom stereocenters. The van der Waals surface area contributed by atoms with E-state index in [9.17, 15) is 9.59 Å². The fraction of sp³-hybridized carbons (Fsp3) is 0.778. The monoisotopic (exact) mass is 156 g/mol. The van der Waals surface area contributed by atoms with Gasteiger partial charge in [-0.2, -0.15) is 0 Å². The van der Waals surface area contributed by atoms with Crippen molar-refractivity contribution in [3.05, 3.63) is 0 Å². The Morgan fingerprint density at radius 2 is 1.73 bits per heavy atom. The second kappa shape index (κ2) is 5.05. The van der Waals surface area contributed by atoms with Gasteiger partial charge >= 0.3 is 0 Å². The van der Waals surface area contributed by atoms with E-state index in [0.717, 1.165) is 19.0 Å². The van der Waals surface area contributed by atoms with E-state index in [1.54, 1.807) is 0 Å². The van der Waals surface area contributed by atoms with Crippen LogP contribution < -0.4 is 0 Å². The molecule has 0 saturated heterocycles. The molecule has 0 aromatic rings. The highest BCUT2D eigenvalue weighted by Crippen LogP contribution is 2.19. The summed E-state index contributed by atoms with van der Waals surface area (Å²) < 4.78 is 0. The molecule has 0 aliphatic rings. The van der Waals surface area contributed by atoms with Crippen molar-refractivity contribution in [3.63, 3.8) is 0 Å². The van der Waals surface area contributed by atoms with E-state index >= 15 is 0 Å². The van der Waals surface area contributed by atoms with Crippen LogP contribution in [0.3, 0.4) is 0 Å². The average molecular weight is 156 g/mol. The van der Waals surface area contributed by atoms with E-state index in [-0.39, 0.29) is 17.8 Å².